The van der Waals surface area contributed by atoms with Crippen molar-refractivity contribution in [1.29, 1.82) is 0 Å². The fraction of sp³-hybridized carbons (Fsp3) is 0.500. The molecule has 8 heteroatoms. The summed E-state index contributed by atoms with van der Waals surface area (Å²) >= 11 is 2.21. The van der Waals surface area contributed by atoms with E-state index in [1.54, 1.807) is 11.9 Å². The van der Waals surface area contributed by atoms with Gasteiger partial charge in [-0.1, -0.05) is 0 Å². The number of carbonyl (C=O) groups excluding carboxylic acids is 1. The number of benzene rings is 1. The molecule has 0 spiro atoms. The van der Waals surface area contributed by atoms with Crippen LogP contribution < -0.4 is 5.32 Å². The standard InChI is InChI=1S/C14H20IN3O3S/c1-17(22(2,20)21)13-7-9-18(10-8-13)14(19)16-12-5-3-11(15)4-6-12/h3-6,13H,7-10H2,1-2H3,(H,16,19). The van der Waals surface area contributed by atoms with Crippen LogP contribution >= 0.6 is 22.6 Å². The zero-order valence-electron chi connectivity index (χ0n) is 12.6. The van der Waals surface area contributed by atoms with E-state index in [0.29, 0.717) is 25.9 Å². The van der Waals surface area contributed by atoms with E-state index < -0.39 is 10.0 Å². The first-order valence-electron chi connectivity index (χ1n) is 7.02. The Hall–Kier alpha value is -0.870. The van der Waals surface area contributed by atoms with Crippen LogP contribution in [0.5, 0.6) is 0 Å². The first-order chi connectivity index (χ1) is 10.3. The number of nitrogens with zero attached hydrogens (tertiary/aromatic N) is 2. The van der Waals surface area contributed by atoms with Gasteiger partial charge >= 0.3 is 6.03 Å². The van der Waals surface area contributed by atoms with E-state index in [0.717, 1.165) is 9.26 Å². The van der Waals surface area contributed by atoms with Gasteiger partial charge in [0.1, 0.15) is 0 Å². The van der Waals surface area contributed by atoms with Crippen molar-refractivity contribution in [2.45, 2.75) is 18.9 Å². The van der Waals surface area contributed by atoms with Gasteiger partial charge in [0.2, 0.25) is 10.0 Å². The van der Waals surface area contributed by atoms with Gasteiger partial charge in [0, 0.05) is 35.4 Å². The van der Waals surface area contributed by atoms with E-state index in [4.69, 9.17) is 0 Å². The molecule has 22 heavy (non-hydrogen) atoms. The summed E-state index contributed by atoms with van der Waals surface area (Å²) in [6.45, 7) is 1.11. The molecule has 0 radical (unpaired) electrons. The van der Waals surface area contributed by atoms with Gasteiger partial charge in [0.15, 0.2) is 0 Å². The van der Waals surface area contributed by atoms with Crippen LogP contribution in [0, 0.1) is 3.57 Å². The number of halogens is 1. The highest BCUT2D eigenvalue weighted by molar-refractivity contribution is 14.1. The summed E-state index contributed by atoms with van der Waals surface area (Å²) in [4.78, 5) is 13.9. The minimum absolute atomic E-state index is 0.0302. The first kappa shape index (κ1) is 17.5. The van der Waals surface area contributed by atoms with Crippen LogP contribution in [-0.4, -0.2) is 56.1 Å². The molecule has 122 valence electrons. The van der Waals surface area contributed by atoms with Crippen molar-refractivity contribution in [2.24, 2.45) is 0 Å². The Morgan fingerprint density at radius 3 is 2.32 bits per heavy atom. The molecule has 1 aliphatic rings. The molecule has 0 aromatic heterocycles. The number of nitrogens with one attached hydrogen (secondary N) is 1. The van der Waals surface area contributed by atoms with Gasteiger partial charge in [0.25, 0.3) is 0 Å². The largest absolute Gasteiger partial charge is 0.324 e. The normalized spacial score (nSPS) is 16.8. The van der Waals surface area contributed by atoms with Gasteiger partial charge in [-0.05, 0) is 59.7 Å². The molecule has 2 amide bonds. The number of amides is 2. The number of anilines is 1. The Bertz CT molecular complexity index is 625. The van der Waals surface area contributed by atoms with Crippen LogP contribution in [-0.2, 0) is 10.0 Å². The maximum Gasteiger partial charge on any atom is 0.321 e. The fourth-order valence-corrected chi connectivity index (χ4v) is 3.55. The molecule has 0 aliphatic carbocycles. The minimum Gasteiger partial charge on any atom is -0.324 e. The maximum absolute atomic E-state index is 12.2. The molecule has 1 N–H and O–H groups in total. The van der Waals surface area contributed by atoms with E-state index in [1.807, 2.05) is 24.3 Å². The summed E-state index contributed by atoms with van der Waals surface area (Å²) < 4.78 is 25.6. The summed E-state index contributed by atoms with van der Waals surface area (Å²) in [5.74, 6) is 0. The van der Waals surface area contributed by atoms with Crippen LogP contribution in [0.1, 0.15) is 12.8 Å². The van der Waals surface area contributed by atoms with Gasteiger partial charge < -0.3 is 10.2 Å². The summed E-state index contributed by atoms with van der Waals surface area (Å²) in [7, 11) is -1.58. The molecular formula is C14H20IN3O3S. The van der Waals surface area contributed by atoms with E-state index >= 15 is 0 Å². The van der Waals surface area contributed by atoms with Crippen LogP contribution in [0.4, 0.5) is 10.5 Å². The monoisotopic (exact) mass is 437 g/mol. The Kier molecular flexibility index (Phi) is 5.67. The first-order valence-corrected chi connectivity index (χ1v) is 9.94. The van der Waals surface area contributed by atoms with Gasteiger partial charge in [-0.15, -0.1) is 0 Å². The molecule has 1 aromatic carbocycles. The molecular weight excluding hydrogens is 417 g/mol. The molecule has 0 bridgehead atoms. The molecule has 1 heterocycles. The van der Waals surface area contributed by atoms with Crippen molar-refractivity contribution in [3.63, 3.8) is 0 Å². The van der Waals surface area contributed by atoms with Gasteiger partial charge in [-0.3, -0.25) is 0 Å². The number of rotatable bonds is 3. The molecule has 0 unspecified atom stereocenters. The summed E-state index contributed by atoms with van der Waals surface area (Å²) in [5, 5.41) is 2.86. The lowest BCUT2D eigenvalue weighted by molar-refractivity contribution is 0.175. The smallest absolute Gasteiger partial charge is 0.321 e. The van der Waals surface area contributed by atoms with Crippen molar-refractivity contribution in [3.05, 3.63) is 27.8 Å². The second-order valence-corrected chi connectivity index (χ2v) is 8.72. The van der Waals surface area contributed by atoms with Crippen LogP contribution in [0.25, 0.3) is 0 Å². The number of urea groups is 1. The highest BCUT2D eigenvalue weighted by Gasteiger charge is 2.28. The third kappa shape index (κ3) is 4.56. The third-order valence-electron chi connectivity index (χ3n) is 3.88. The Labute approximate surface area is 145 Å². The van der Waals surface area contributed by atoms with E-state index in [1.165, 1.54) is 10.6 Å². The molecule has 1 fully saturated rings. The lowest BCUT2D eigenvalue weighted by Gasteiger charge is -2.35. The van der Waals surface area contributed by atoms with E-state index in [-0.39, 0.29) is 12.1 Å². The molecule has 1 saturated heterocycles. The SMILES string of the molecule is CN(C1CCN(C(=O)Nc2ccc(I)cc2)CC1)S(C)(=O)=O. The summed E-state index contributed by atoms with van der Waals surface area (Å²) in [6, 6.07) is 7.43. The third-order valence-corrected chi connectivity index (χ3v) is 5.95. The highest BCUT2D eigenvalue weighted by Crippen LogP contribution is 2.19. The van der Waals surface area contributed by atoms with Crippen molar-refractivity contribution in [2.75, 3.05) is 31.7 Å². The number of hydrogen-bond donors (Lipinski definition) is 1. The number of hydrogen-bond acceptors (Lipinski definition) is 3. The fourth-order valence-electron chi connectivity index (χ4n) is 2.44. The van der Waals surface area contributed by atoms with Crippen molar-refractivity contribution in [3.8, 4) is 0 Å². The highest BCUT2D eigenvalue weighted by atomic mass is 127. The lowest BCUT2D eigenvalue weighted by atomic mass is 10.1. The molecule has 2 rings (SSSR count). The molecule has 0 saturated carbocycles. The van der Waals surface area contributed by atoms with Crippen molar-refractivity contribution < 1.29 is 13.2 Å². The number of carbonyl (C=O) groups is 1. The minimum atomic E-state index is -3.18. The van der Waals surface area contributed by atoms with Gasteiger partial charge in [0.05, 0.1) is 6.26 Å². The average molecular weight is 437 g/mol. The lowest BCUT2D eigenvalue weighted by Crippen LogP contribution is -2.48. The van der Waals surface area contributed by atoms with Gasteiger partial charge in [-0.2, -0.15) is 0 Å². The Balaban J connectivity index is 1.88. The summed E-state index contributed by atoms with van der Waals surface area (Å²) in [6.07, 6.45) is 2.52. The Morgan fingerprint density at radius 1 is 1.27 bits per heavy atom. The van der Waals surface area contributed by atoms with Crippen LogP contribution in [0.3, 0.4) is 0 Å². The predicted molar refractivity (Wildman–Crippen MR) is 95.4 cm³/mol. The number of sulfonamides is 1. The van der Waals surface area contributed by atoms with Crippen LogP contribution in [0.15, 0.2) is 24.3 Å². The van der Waals surface area contributed by atoms with Crippen molar-refractivity contribution in [1.82, 2.24) is 9.21 Å². The number of likely N-dealkylation sites (tertiary alicyclic amines) is 1. The zero-order valence-corrected chi connectivity index (χ0v) is 15.6. The van der Waals surface area contributed by atoms with E-state index in [2.05, 4.69) is 27.9 Å². The molecule has 6 nitrogen and oxygen atoms in total. The molecule has 1 aliphatic heterocycles. The predicted octanol–water partition coefficient (Wildman–Crippen LogP) is 2.18. The summed E-state index contributed by atoms with van der Waals surface area (Å²) in [5.41, 5.74) is 0.765. The second-order valence-electron chi connectivity index (χ2n) is 5.43. The van der Waals surface area contributed by atoms with E-state index in [9.17, 15) is 13.2 Å². The Morgan fingerprint density at radius 2 is 1.82 bits per heavy atom. The zero-order chi connectivity index (χ0) is 16.3. The maximum atomic E-state index is 12.2. The van der Waals surface area contributed by atoms with Crippen LogP contribution in [0.2, 0.25) is 0 Å². The molecule has 1 aromatic rings. The molecule has 0 atom stereocenters. The average Bonchev–Trinajstić information content (AvgIpc) is 2.48. The number of piperidine rings is 1. The topological polar surface area (TPSA) is 69.7 Å². The second kappa shape index (κ2) is 7.14. The van der Waals surface area contributed by atoms with Crippen molar-refractivity contribution >= 4 is 44.3 Å². The van der Waals surface area contributed by atoms with Gasteiger partial charge in [-0.25, -0.2) is 17.5 Å². The quantitative estimate of drug-likeness (QED) is 0.738.